The van der Waals surface area contributed by atoms with E-state index in [0.717, 1.165) is 16.9 Å². The smallest absolute Gasteiger partial charge is 0.227 e. The first kappa shape index (κ1) is 21.8. The van der Waals surface area contributed by atoms with Crippen molar-refractivity contribution in [1.29, 1.82) is 0 Å². The Bertz CT molecular complexity index is 1180. The van der Waals surface area contributed by atoms with Crippen molar-refractivity contribution in [3.8, 4) is 17.2 Å². The third-order valence-corrected chi connectivity index (χ3v) is 6.20. The molecule has 1 fully saturated rings. The number of anilines is 1. The van der Waals surface area contributed by atoms with E-state index in [-0.39, 0.29) is 24.3 Å². The largest absolute Gasteiger partial charge is 0.497 e. The highest BCUT2D eigenvalue weighted by Crippen LogP contribution is 2.36. The van der Waals surface area contributed by atoms with Gasteiger partial charge in [0.2, 0.25) is 11.8 Å². The Morgan fingerprint density at radius 2 is 1.68 bits per heavy atom. The molecule has 2 atom stereocenters. The number of nitrogens with one attached hydrogen (secondary N) is 1. The molecule has 0 bridgehead atoms. The van der Waals surface area contributed by atoms with Gasteiger partial charge in [0, 0.05) is 24.7 Å². The molecule has 5 rings (SSSR count). The van der Waals surface area contributed by atoms with Crippen LogP contribution in [0.1, 0.15) is 23.6 Å². The Balaban J connectivity index is 1.34. The third-order valence-electron chi connectivity index (χ3n) is 6.20. The van der Waals surface area contributed by atoms with Crippen LogP contribution in [0, 0.1) is 5.92 Å². The molecule has 0 aromatic heterocycles. The molecular weight excluding hydrogens is 432 g/mol. The summed E-state index contributed by atoms with van der Waals surface area (Å²) >= 11 is 0. The molecule has 0 spiro atoms. The van der Waals surface area contributed by atoms with E-state index in [1.54, 1.807) is 24.1 Å². The van der Waals surface area contributed by atoms with E-state index >= 15 is 0 Å². The lowest BCUT2D eigenvalue weighted by atomic mass is 9.97. The van der Waals surface area contributed by atoms with Gasteiger partial charge in [-0.2, -0.15) is 0 Å². The lowest BCUT2D eigenvalue weighted by Gasteiger charge is -2.23. The Kier molecular flexibility index (Phi) is 6.08. The van der Waals surface area contributed by atoms with Crippen LogP contribution in [0.15, 0.2) is 72.8 Å². The Morgan fingerprint density at radius 3 is 2.41 bits per heavy atom. The lowest BCUT2D eigenvalue weighted by molar-refractivity contribution is -0.126. The maximum Gasteiger partial charge on any atom is 0.227 e. The average Bonchev–Trinajstić information content (AvgIpc) is 3.29. The Hall–Kier alpha value is -4.00. The Labute approximate surface area is 198 Å². The van der Waals surface area contributed by atoms with E-state index in [0.29, 0.717) is 36.9 Å². The number of carbonyl (C=O) groups excluding carboxylic acids is 2. The molecule has 2 aliphatic heterocycles. The van der Waals surface area contributed by atoms with Crippen molar-refractivity contribution in [3.63, 3.8) is 0 Å². The fraction of sp³-hybridized carbons (Fsp3) is 0.259. The van der Waals surface area contributed by atoms with E-state index in [1.165, 1.54) is 0 Å². The zero-order chi connectivity index (χ0) is 23.5. The first-order valence-electron chi connectivity index (χ1n) is 11.3. The summed E-state index contributed by atoms with van der Waals surface area (Å²) < 4.78 is 16.5. The van der Waals surface area contributed by atoms with E-state index in [4.69, 9.17) is 14.2 Å². The molecule has 2 aliphatic rings. The number of rotatable bonds is 6. The van der Waals surface area contributed by atoms with Gasteiger partial charge in [-0.15, -0.1) is 0 Å². The molecule has 34 heavy (non-hydrogen) atoms. The van der Waals surface area contributed by atoms with Gasteiger partial charge in [-0.3, -0.25) is 9.59 Å². The number of nitrogens with zero attached hydrogens (tertiary/aromatic N) is 1. The molecule has 2 heterocycles. The van der Waals surface area contributed by atoms with Gasteiger partial charge in [-0.25, -0.2) is 0 Å². The number of methoxy groups -OCH3 is 1. The minimum Gasteiger partial charge on any atom is -0.497 e. The summed E-state index contributed by atoms with van der Waals surface area (Å²) in [5, 5.41) is 3.17. The minimum atomic E-state index is -0.454. The molecule has 174 valence electrons. The molecule has 2 unspecified atom stereocenters. The molecule has 3 aromatic rings. The minimum absolute atomic E-state index is 0.0856. The average molecular weight is 459 g/mol. The van der Waals surface area contributed by atoms with Gasteiger partial charge in [-0.05, 0) is 35.4 Å². The number of carbonyl (C=O) groups is 2. The zero-order valence-corrected chi connectivity index (χ0v) is 18.9. The van der Waals surface area contributed by atoms with Gasteiger partial charge in [0.25, 0.3) is 0 Å². The summed E-state index contributed by atoms with van der Waals surface area (Å²) in [5.41, 5.74) is 2.61. The van der Waals surface area contributed by atoms with Crippen LogP contribution in [-0.4, -0.2) is 38.7 Å². The highest BCUT2D eigenvalue weighted by molar-refractivity contribution is 6.00. The summed E-state index contributed by atoms with van der Waals surface area (Å²) in [6.45, 7) is 1.30. The molecule has 1 saturated heterocycles. The van der Waals surface area contributed by atoms with Crippen molar-refractivity contribution >= 4 is 17.5 Å². The fourth-order valence-electron chi connectivity index (χ4n) is 4.39. The van der Waals surface area contributed by atoms with Crippen molar-refractivity contribution in [3.05, 3.63) is 83.9 Å². The van der Waals surface area contributed by atoms with Crippen LogP contribution in [0.3, 0.4) is 0 Å². The third kappa shape index (κ3) is 4.41. The maximum atomic E-state index is 13.3. The molecule has 7 heteroatoms. The van der Waals surface area contributed by atoms with Crippen LogP contribution < -0.4 is 24.4 Å². The summed E-state index contributed by atoms with van der Waals surface area (Å²) in [6.07, 6.45) is 0.157. The van der Waals surface area contributed by atoms with Gasteiger partial charge in [0.15, 0.2) is 11.5 Å². The normalized spacial score (nSPS) is 17.9. The first-order valence-corrected chi connectivity index (χ1v) is 11.3. The van der Waals surface area contributed by atoms with Crippen molar-refractivity contribution < 1.29 is 23.8 Å². The van der Waals surface area contributed by atoms with E-state index in [1.807, 2.05) is 60.7 Å². The molecule has 0 saturated carbocycles. The van der Waals surface area contributed by atoms with Crippen molar-refractivity contribution in [1.82, 2.24) is 5.32 Å². The standard InChI is InChI=1S/C27H26N2O5/c1-32-22-10-7-19(8-11-22)26(18-5-3-2-4-6-18)28-27(31)20-15-25(30)29(17-20)21-9-12-23-24(16-21)34-14-13-33-23/h2-12,16,20,26H,13-15,17H2,1H3,(H,28,31). The number of hydrogen-bond acceptors (Lipinski definition) is 5. The second kappa shape index (κ2) is 9.47. The van der Waals surface area contributed by atoms with Crippen molar-refractivity contribution in [2.24, 2.45) is 5.92 Å². The fourth-order valence-corrected chi connectivity index (χ4v) is 4.39. The van der Waals surface area contributed by atoms with Crippen LogP contribution >= 0.6 is 0 Å². The van der Waals surface area contributed by atoms with Crippen LogP contribution in [0.2, 0.25) is 0 Å². The van der Waals surface area contributed by atoms with Crippen LogP contribution in [0.25, 0.3) is 0 Å². The van der Waals surface area contributed by atoms with Gasteiger partial charge in [0.1, 0.15) is 19.0 Å². The van der Waals surface area contributed by atoms with Crippen molar-refractivity contribution in [2.45, 2.75) is 12.5 Å². The van der Waals surface area contributed by atoms with Crippen LogP contribution in [-0.2, 0) is 9.59 Å². The molecular formula is C27H26N2O5. The number of amides is 2. The zero-order valence-electron chi connectivity index (χ0n) is 18.9. The number of benzene rings is 3. The van der Waals surface area contributed by atoms with Gasteiger partial charge >= 0.3 is 0 Å². The number of hydrogen-bond donors (Lipinski definition) is 1. The number of fused-ring (bicyclic) bond motifs is 1. The van der Waals surface area contributed by atoms with Gasteiger partial charge in [-0.1, -0.05) is 42.5 Å². The number of ether oxygens (including phenoxy) is 3. The monoisotopic (exact) mass is 458 g/mol. The molecule has 7 nitrogen and oxygen atoms in total. The van der Waals surface area contributed by atoms with Gasteiger partial charge < -0.3 is 24.4 Å². The molecule has 1 N–H and O–H groups in total. The Morgan fingerprint density at radius 1 is 0.971 bits per heavy atom. The second-order valence-corrected chi connectivity index (χ2v) is 8.36. The molecule has 2 amide bonds. The van der Waals surface area contributed by atoms with Crippen LogP contribution in [0.5, 0.6) is 17.2 Å². The maximum absolute atomic E-state index is 13.3. The van der Waals surface area contributed by atoms with Gasteiger partial charge in [0.05, 0.1) is 19.1 Å². The predicted molar refractivity (Wildman–Crippen MR) is 127 cm³/mol. The highest BCUT2D eigenvalue weighted by Gasteiger charge is 2.36. The van der Waals surface area contributed by atoms with Crippen molar-refractivity contribution in [2.75, 3.05) is 31.8 Å². The quantitative estimate of drug-likeness (QED) is 0.609. The SMILES string of the molecule is COc1ccc(C(NC(=O)C2CC(=O)N(c3ccc4c(c3)OCCO4)C2)c2ccccc2)cc1. The first-order chi connectivity index (χ1) is 16.6. The second-order valence-electron chi connectivity index (χ2n) is 8.36. The summed E-state index contributed by atoms with van der Waals surface area (Å²) in [6, 6.07) is 22.5. The lowest BCUT2D eigenvalue weighted by Crippen LogP contribution is -2.36. The van der Waals surface area contributed by atoms with E-state index < -0.39 is 5.92 Å². The molecule has 3 aromatic carbocycles. The predicted octanol–water partition coefficient (Wildman–Crippen LogP) is 3.73. The topological polar surface area (TPSA) is 77.1 Å². The van der Waals surface area contributed by atoms with E-state index in [2.05, 4.69) is 5.32 Å². The molecule has 0 radical (unpaired) electrons. The summed E-state index contributed by atoms with van der Waals surface area (Å²) in [4.78, 5) is 27.8. The summed E-state index contributed by atoms with van der Waals surface area (Å²) in [7, 11) is 1.62. The van der Waals surface area contributed by atoms with Crippen LogP contribution in [0.4, 0.5) is 5.69 Å². The molecule has 0 aliphatic carbocycles. The summed E-state index contributed by atoms with van der Waals surface area (Å²) in [5.74, 6) is 1.34. The van der Waals surface area contributed by atoms with E-state index in [9.17, 15) is 9.59 Å². The highest BCUT2D eigenvalue weighted by atomic mass is 16.6.